The number of nitrogens with one attached hydrogen (secondary N) is 1. The molecule has 1 saturated heterocycles. The van der Waals surface area contributed by atoms with Gasteiger partial charge in [-0.25, -0.2) is 0 Å². The first-order valence-electron chi connectivity index (χ1n) is 8.69. The molecule has 3 rings (SSSR count). The topological polar surface area (TPSA) is 56.4 Å². The molecule has 0 radical (unpaired) electrons. The Hall–Kier alpha value is -2.14. The van der Waals surface area contributed by atoms with E-state index in [1.807, 2.05) is 36.1 Å². The maximum Gasteiger partial charge on any atom is 0.251 e. The third-order valence-electron chi connectivity index (χ3n) is 4.86. The van der Waals surface area contributed by atoms with E-state index in [2.05, 4.69) is 16.8 Å². The van der Waals surface area contributed by atoms with Crippen LogP contribution in [0.25, 0.3) is 10.9 Å². The normalized spacial score (nSPS) is 15.8. The minimum Gasteiger partial charge on any atom is -0.340 e. The lowest BCUT2D eigenvalue weighted by atomic mass is 10.1. The summed E-state index contributed by atoms with van der Waals surface area (Å²) in [5.74, 6) is 0.147. The number of likely N-dealkylation sites (N-methyl/N-ethyl adjacent to an activating group) is 1. The predicted molar refractivity (Wildman–Crippen MR) is 96.3 cm³/mol. The highest BCUT2D eigenvalue weighted by molar-refractivity contribution is 5.80. The lowest BCUT2D eigenvalue weighted by Crippen LogP contribution is -2.48. The van der Waals surface area contributed by atoms with Gasteiger partial charge in [-0.15, -0.1) is 0 Å². The molecule has 1 N–H and O–H groups in total. The maximum atomic E-state index is 12.4. The van der Waals surface area contributed by atoms with Crippen molar-refractivity contribution in [2.24, 2.45) is 0 Å². The zero-order chi connectivity index (χ0) is 17.1. The number of amides is 1. The number of aromatic nitrogens is 1. The number of aryl methyl sites for hydroxylation is 2. The van der Waals surface area contributed by atoms with Gasteiger partial charge in [0.1, 0.15) is 0 Å². The summed E-state index contributed by atoms with van der Waals surface area (Å²) < 4.78 is 0. The third kappa shape index (κ3) is 3.67. The van der Waals surface area contributed by atoms with Gasteiger partial charge in [0.05, 0.1) is 0 Å². The van der Waals surface area contributed by atoms with E-state index < -0.39 is 0 Å². The SMILES string of the molecule is CCN1CCN(C(=O)CCc2cc3ccc(C)cc3[nH]c2=O)CC1. The van der Waals surface area contributed by atoms with E-state index in [0.29, 0.717) is 18.4 Å². The smallest absolute Gasteiger partial charge is 0.251 e. The van der Waals surface area contributed by atoms with Crippen LogP contribution < -0.4 is 5.56 Å². The first-order valence-corrected chi connectivity index (χ1v) is 8.69. The second-order valence-electron chi connectivity index (χ2n) is 6.53. The molecule has 1 aliphatic rings. The Morgan fingerprint density at radius 1 is 1.17 bits per heavy atom. The monoisotopic (exact) mass is 327 g/mol. The molecule has 0 saturated carbocycles. The van der Waals surface area contributed by atoms with Crippen LogP contribution in [0.2, 0.25) is 0 Å². The van der Waals surface area contributed by atoms with E-state index in [0.717, 1.165) is 49.2 Å². The van der Waals surface area contributed by atoms with Gasteiger partial charge in [-0.3, -0.25) is 9.59 Å². The van der Waals surface area contributed by atoms with Crippen molar-refractivity contribution >= 4 is 16.8 Å². The van der Waals surface area contributed by atoms with Crippen LogP contribution in [0.4, 0.5) is 0 Å². The van der Waals surface area contributed by atoms with E-state index in [9.17, 15) is 9.59 Å². The van der Waals surface area contributed by atoms with Crippen molar-refractivity contribution in [3.05, 3.63) is 45.7 Å². The Kier molecular flexibility index (Phi) is 5.00. The minimum absolute atomic E-state index is 0.0864. The molecule has 0 atom stereocenters. The molecule has 2 aromatic rings. The first kappa shape index (κ1) is 16.7. The van der Waals surface area contributed by atoms with Gasteiger partial charge in [0.2, 0.25) is 5.91 Å². The summed E-state index contributed by atoms with van der Waals surface area (Å²) in [7, 11) is 0. The number of carbonyl (C=O) groups excluding carboxylic acids is 1. The molecule has 24 heavy (non-hydrogen) atoms. The van der Waals surface area contributed by atoms with Crippen LogP contribution >= 0.6 is 0 Å². The van der Waals surface area contributed by atoms with Crippen molar-refractivity contribution < 1.29 is 4.79 Å². The van der Waals surface area contributed by atoms with Crippen molar-refractivity contribution in [3.63, 3.8) is 0 Å². The maximum absolute atomic E-state index is 12.4. The summed E-state index contributed by atoms with van der Waals surface area (Å²) in [5, 5.41) is 1.01. The summed E-state index contributed by atoms with van der Waals surface area (Å²) in [5.41, 5.74) is 2.57. The van der Waals surface area contributed by atoms with Gasteiger partial charge in [-0.1, -0.05) is 19.1 Å². The van der Waals surface area contributed by atoms with Gasteiger partial charge >= 0.3 is 0 Å². The zero-order valence-electron chi connectivity index (χ0n) is 14.5. The molecule has 0 aliphatic carbocycles. The summed E-state index contributed by atoms with van der Waals surface area (Å²) in [4.78, 5) is 31.8. The average molecular weight is 327 g/mol. The fraction of sp³-hybridized carbons (Fsp3) is 0.474. The number of hydrogen-bond donors (Lipinski definition) is 1. The van der Waals surface area contributed by atoms with Crippen LogP contribution in [0.1, 0.15) is 24.5 Å². The Morgan fingerprint density at radius 3 is 2.62 bits per heavy atom. The molecule has 1 fully saturated rings. The number of rotatable bonds is 4. The van der Waals surface area contributed by atoms with Gasteiger partial charge in [-0.2, -0.15) is 0 Å². The number of fused-ring (bicyclic) bond motifs is 1. The van der Waals surface area contributed by atoms with Crippen molar-refractivity contribution in [1.82, 2.24) is 14.8 Å². The fourth-order valence-electron chi connectivity index (χ4n) is 3.26. The number of nitrogens with zero attached hydrogens (tertiary/aromatic N) is 2. The van der Waals surface area contributed by atoms with Crippen molar-refractivity contribution in [1.29, 1.82) is 0 Å². The van der Waals surface area contributed by atoms with Crippen molar-refractivity contribution in [2.45, 2.75) is 26.7 Å². The minimum atomic E-state index is -0.0864. The number of hydrogen-bond acceptors (Lipinski definition) is 3. The van der Waals surface area contributed by atoms with Crippen LogP contribution in [0, 0.1) is 6.92 Å². The molecule has 128 valence electrons. The van der Waals surface area contributed by atoms with Crippen LogP contribution in [-0.2, 0) is 11.2 Å². The largest absolute Gasteiger partial charge is 0.340 e. The standard InChI is InChI=1S/C19H25N3O2/c1-3-21-8-10-22(11-9-21)18(23)7-6-16-13-15-5-4-14(2)12-17(15)20-19(16)24/h4-5,12-13H,3,6-11H2,1-2H3,(H,20,24). The number of pyridine rings is 1. The van der Waals surface area contributed by atoms with E-state index in [-0.39, 0.29) is 11.5 Å². The van der Waals surface area contributed by atoms with Crippen LogP contribution in [0.3, 0.4) is 0 Å². The van der Waals surface area contributed by atoms with Crippen molar-refractivity contribution in [2.75, 3.05) is 32.7 Å². The van der Waals surface area contributed by atoms with E-state index >= 15 is 0 Å². The van der Waals surface area contributed by atoms with E-state index in [1.165, 1.54) is 0 Å². The predicted octanol–water partition coefficient (Wildman–Crippen LogP) is 1.93. The lowest BCUT2D eigenvalue weighted by molar-refractivity contribution is -0.132. The quantitative estimate of drug-likeness (QED) is 0.933. The molecule has 0 spiro atoms. The second-order valence-corrected chi connectivity index (χ2v) is 6.53. The lowest BCUT2D eigenvalue weighted by Gasteiger charge is -2.34. The first-order chi connectivity index (χ1) is 11.6. The summed E-state index contributed by atoms with van der Waals surface area (Å²) in [6.45, 7) is 8.65. The number of benzene rings is 1. The Labute approximate surface area is 142 Å². The number of H-pyrrole nitrogens is 1. The molecule has 0 bridgehead atoms. The Balaban J connectivity index is 1.65. The van der Waals surface area contributed by atoms with Crippen LogP contribution in [0.15, 0.2) is 29.1 Å². The van der Waals surface area contributed by atoms with Crippen molar-refractivity contribution in [3.8, 4) is 0 Å². The number of aromatic amines is 1. The molecule has 2 heterocycles. The molecular formula is C19H25N3O2. The summed E-state index contributed by atoms with van der Waals surface area (Å²) in [6, 6.07) is 7.92. The zero-order valence-corrected chi connectivity index (χ0v) is 14.5. The molecular weight excluding hydrogens is 302 g/mol. The Morgan fingerprint density at radius 2 is 1.92 bits per heavy atom. The molecule has 5 nitrogen and oxygen atoms in total. The van der Waals surface area contributed by atoms with Gasteiger partial charge in [0, 0.05) is 43.7 Å². The van der Waals surface area contributed by atoms with Gasteiger partial charge in [-0.05, 0) is 43.0 Å². The molecule has 1 aromatic heterocycles. The molecule has 5 heteroatoms. The highest BCUT2D eigenvalue weighted by atomic mass is 16.2. The second kappa shape index (κ2) is 7.18. The van der Waals surface area contributed by atoms with Crippen LogP contribution in [0.5, 0.6) is 0 Å². The Bertz CT molecular complexity index is 789. The fourth-order valence-corrected chi connectivity index (χ4v) is 3.26. The molecule has 1 amide bonds. The molecule has 1 aliphatic heterocycles. The van der Waals surface area contributed by atoms with Gasteiger partial charge in [0.25, 0.3) is 5.56 Å². The molecule has 1 aromatic carbocycles. The summed E-state index contributed by atoms with van der Waals surface area (Å²) >= 11 is 0. The molecule has 0 unspecified atom stereocenters. The van der Waals surface area contributed by atoms with E-state index in [4.69, 9.17) is 0 Å². The average Bonchev–Trinajstić information content (AvgIpc) is 2.59. The van der Waals surface area contributed by atoms with Gasteiger partial charge in [0.15, 0.2) is 0 Å². The summed E-state index contributed by atoms with van der Waals surface area (Å²) in [6.07, 6.45) is 0.887. The number of piperazine rings is 1. The van der Waals surface area contributed by atoms with Crippen LogP contribution in [-0.4, -0.2) is 53.4 Å². The van der Waals surface area contributed by atoms with E-state index in [1.54, 1.807) is 0 Å². The van der Waals surface area contributed by atoms with Gasteiger partial charge < -0.3 is 14.8 Å². The third-order valence-corrected chi connectivity index (χ3v) is 4.86. The highest BCUT2D eigenvalue weighted by Crippen LogP contribution is 2.14. The number of carbonyl (C=O) groups is 1. The highest BCUT2D eigenvalue weighted by Gasteiger charge is 2.20.